The second kappa shape index (κ2) is 13.8. The van der Waals surface area contributed by atoms with Gasteiger partial charge in [-0.2, -0.15) is 0 Å². The number of aryl methyl sites for hydroxylation is 1. The molecule has 0 saturated heterocycles. The van der Waals surface area contributed by atoms with Crippen LogP contribution in [0.4, 0.5) is 0 Å². The molecule has 41 heavy (non-hydrogen) atoms. The Balaban J connectivity index is 1.47. The fourth-order valence-corrected chi connectivity index (χ4v) is 4.60. The van der Waals surface area contributed by atoms with Gasteiger partial charge in [0.1, 0.15) is 0 Å². The van der Waals surface area contributed by atoms with Crippen molar-refractivity contribution >= 4 is 17.2 Å². The Kier molecular flexibility index (Phi) is 9.70. The molecule has 0 aromatic heterocycles. The molecule has 2 N–H and O–H groups in total. The van der Waals surface area contributed by atoms with Crippen LogP contribution in [0.25, 0.3) is 39.5 Å². The van der Waals surface area contributed by atoms with Crippen LogP contribution in [0, 0.1) is 6.92 Å². The molecule has 1 heteroatoms. The van der Waals surface area contributed by atoms with E-state index in [0.29, 0.717) is 0 Å². The molecule has 0 bridgehead atoms. The molecule has 0 amide bonds. The van der Waals surface area contributed by atoms with Crippen LogP contribution in [-0.2, 0) is 0 Å². The summed E-state index contributed by atoms with van der Waals surface area (Å²) in [6, 6.07) is 34.0. The zero-order valence-corrected chi connectivity index (χ0v) is 24.0. The van der Waals surface area contributed by atoms with Crippen molar-refractivity contribution in [3.8, 4) is 22.3 Å². The lowest BCUT2D eigenvalue weighted by molar-refractivity contribution is 1.44. The first-order chi connectivity index (χ1) is 19.9. The molecule has 0 unspecified atom stereocenters. The minimum absolute atomic E-state index is 0.863. The maximum absolute atomic E-state index is 5.70. The number of benzene rings is 4. The molecule has 0 aliphatic heterocycles. The summed E-state index contributed by atoms with van der Waals surface area (Å²) >= 11 is 0. The third kappa shape index (κ3) is 7.29. The van der Waals surface area contributed by atoms with Gasteiger partial charge in [-0.3, -0.25) is 0 Å². The lowest BCUT2D eigenvalue weighted by atomic mass is 9.96. The smallest absolute Gasteiger partial charge is 0.00173 e. The highest BCUT2D eigenvalue weighted by molar-refractivity contribution is 5.79. The predicted molar refractivity (Wildman–Crippen MR) is 181 cm³/mol. The summed E-state index contributed by atoms with van der Waals surface area (Å²) in [5.41, 5.74) is 18.8. The van der Waals surface area contributed by atoms with Gasteiger partial charge < -0.3 is 5.73 Å². The van der Waals surface area contributed by atoms with Crippen molar-refractivity contribution in [1.82, 2.24) is 0 Å². The number of rotatable bonds is 10. The Morgan fingerprint density at radius 3 is 1.85 bits per heavy atom. The van der Waals surface area contributed by atoms with Crippen molar-refractivity contribution in [2.24, 2.45) is 5.73 Å². The van der Waals surface area contributed by atoms with Gasteiger partial charge in [0.2, 0.25) is 0 Å². The molecule has 0 aliphatic carbocycles. The normalized spacial score (nSPS) is 12.1. The molecule has 0 heterocycles. The molecule has 4 aromatic rings. The van der Waals surface area contributed by atoms with E-state index in [-0.39, 0.29) is 0 Å². The Labute approximate surface area is 245 Å². The number of allylic oxidation sites excluding steroid dienone is 9. The predicted octanol–water partition coefficient (Wildman–Crippen LogP) is 10.6. The van der Waals surface area contributed by atoms with Crippen LogP contribution in [0.1, 0.15) is 29.2 Å². The van der Waals surface area contributed by atoms with Crippen LogP contribution in [0.3, 0.4) is 0 Å². The first-order valence-corrected chi connectivity index (χ1v) is 13.8. The molecule has 0 atom stereocenters. The molecule has 4 rings (SSSR count). The maximum Gasteiger partial charge on any atom is 0.00173 e. The summed E-state index contributed by atoms with van der Waals surface area (Å²) < 4.78 is 0. The van der Waals surface area contributed by atoms with Crippen molar-refractivity contribution in [3.05, 3.63) is 187 Å². The molecule has 0 fully saturated rings. The van der Waals surface area contributed by atoms with Gasteiger partial charge in [0.25, 0.3) is 0 Å². The molecule has 4 aromatic carbocycles. The highest BCUT2D eigenvalue weighted by atomic mass is 14.5. The average molecular weight is 532 g/mol. The third-order valence-corrected chi connectivity index (χ3v) is 7.18. The second-order valence-electron chi connectivity index (χ2n) is 9.88. The molecular formula is C40H37N. The number of hydrogen-bond donors (Lipinski definition) is 1. The van der Waals surface area contributed by atoms with Crippen LogP contribution >= 0.6 is 0 Å². The first kappa shape index (κ1) is 28.9. The molecule has 202 valence electrons. The van der Waals surface area contributed by atoms with Crippen LogP contribution < -0.4 is 5.73 Å². The van der Waals surface area contributed by atoms with Crippen molar-refractivity contribution in [2.45, 2.75) is 13.8 Å². The van der Waals surface area contributed by atoms with Crippen LogP contribution in [0.2, 0.25) is 0 Å². The largest absolute Gasteiger partial charge is 0.404 e. The van der Waals surface area contributed by atoms with Gasteiger partial charge in [-0.25, -0.2) is 0 Å². The summed E-state index contributed by atoms with van der Waals surface area (Å²) in [6.07, 6.45) is 13.7. The van der Waals surface area contributed by atoms with Crippen molar-refractivity contribution < 1.29 is 0 Å². The van der Waals surface area contributed by atoms with Crippen LogP contribution in [0.5, 0.6) is 0 Å². The van der Waals surface area contributed by atoms with Gasteiger partial charge in [-0.15, -0.1) is 0 Å². The molecule has 0 radical (unpaired) electrons. The Bertz CT molecular complexity index is 1670. The second-order valence-corrected chi connectivity index (χ2v) is 9.88. The Morgan fingerprint density at radius 2 is 1.22 bits per heavy atom. The van der Waals surface area contributed by atoms with E-state index in [0.717, 1.165) is 39.0 Å². The zero-order chi connectivity index (χ0) is 29.2. The van der Waals surface area contributed by atoms with E-state index in [4.69, 9.17) is 5.73 Å². The van der Waals surface area contributed by atoms with Gasteiger partial charge in [0.15, 0.2) is 0 Å². The third-order valence-electron chi connectivity index (χ3n) is 7.18. The molecule has 0 saturated carbocycles. The van der Waals surface area contributed by atoms with Gasteiger partial charge in [-0.1, -0.05) is 141 Å². The Morgan fingerprint density at radius 1 is 0.634 bits per heavy atom. The summed E-state index contributed by atoms with van der Waals surface area (Å²) in [5.74, 6) is 0. The number of hydrogen-bond acceptors (Lipinski definition) is 1. The quantitative estimate of drug-likeness (QED) is 0.202. The first-order valence-electron chi connectivity index (χ1n) is 13.8. The highest BCUT2D eigenvalue weighted by Crippen LogP contribution is 2.29. The fourth-order valence-electron chi connectivity index (χ4n) is 4.60. The van der Waals surface area contributed by atoms with Crippen molar-refractivity contribution in [2.75, 3.05) is 0 Å². The van der Waals surface area contributed by atoms with Crippen LogP contribution in [-0.4, -0.2) is 0 Å². The lowest BCUT2D eigenvalue weighted by Gasteiger charge is -2.09. The average Bonchev–Trinajstić information content (AvgIpc) is 3.02. The topological polar surface area (TPSA) is 26.0 Å². The monoisotopic (exact) mass is 531 g/mol. The van der Waals surface area contributed by atoms with Gasteiger partial charge in [0.05, 0.1) is 0 Å². The molecule has 0 aliphatic rings. The molecule has 0 spiro atoms. The minimum Gasteiger partial charge on any atom is -0.404 e. The molecule has 1 nitrogen and oxygen atoms in total. The van der Waals surface area contributed by atoms with Gasteiger partial charge in [0, 0.05) is 6.20 Å². The van der Waals surface area contributed by atoms with E-state index in [1.54, 1.807) is 12.3 Å². The standard InChI is InChI=1S/C40H37N/c1-6-32(35-22-24-36(25-23-35)33(7-2)28-41)19-16-29(3)30(4)17-20-37-26-40(21-18-31(37)5)39-15-11-14-38(27-39)34-12-9-8-10-13-34/h6-28H,2-4,41H2,1,5H3/b19-16-,20-17-,32-6+,33-28+. The van der Waals surface area contributed by atoms with Gasteiger partial charge >= 0.3 is 0 Å². The maximum atomic E-state index is 5.70. The van der Waals surface area contributed by atoms with E-state index in [9.17, 15) is 0 Å². The minimum atomic E-state index is 0.863. The highest BCUT2D eigenvalue weighted by Gasteiger charge is 2.05. The summed E-state index contributed by atoms with van der Waals surface area (Å²) in [6.45, 7) is 16.5. The fraction of sp³-hybridized carbons (Fsp3) is 0.0500. The SMILES string of the molecule is C=C/C(=C\N)c1ccc(C(/C=C\C(=C)C(=C)/C=C\c2cc(-c3cccc(-c4ccccc4)c3)ccc2C)=C/C)cc1. The summed E-state index contributed by atoms with van der Waals surface area (Å²) in [7, 11) is 0. The van der Waals surface area contributed by atoms with E-state index in [2.05, 4.69) is 136 Å². The van der Waals surface area contributed by atoms with E-state index < -0.39 is 0 Å². The zero-order valence-electron chi connectivity index (χ0n) is 24.0. The number of nitrogens with two attached hydrogens (primary N) is 1. The van der Waals surface area contributed by atoms with E-state index in [1.807, 2.05) is 25.1 Å². The Hall–Kier alpha value is -5.14. The van der Waals surface area contributed by atoms with Crippen LogP contribution in [0.15, 0.2) is 165 Å². The van der Waals surface area contributed by atoms with E-state index >= 15 is 0 Å². The summed E-state index contributed by atoms with van der Waals surface area (Å²) in [4.78, 5) is 0. The molecular weight excluding hydrogens is 494 g/mol. The van der Waals surface area contributed by atoms with E-state index in [1.165, 1.54) is 27.8 Å². The van der Waals surface area contributed by atoms with Crippen molar-refractivity contribution in [3.63, 3.8) is 0 Å². The van der Waals surface area contributed by atoms with Crippen molar-refractivity contribution in [1.29, 1.82) is 0 Å². The van der Waals surface area contributed by atoms with Gasteiger partial charge in [-0.05, 0) is 92.8 Å². The summed E-state index contributed by atoms with van der Waals surface area (Å²) in [5, 5.41) is 0. The lowest BCUT2D eigenvalue weighted by Crippen LogP contribution is -1.88.